The van der Waals surface area contributed by atoms with Gasteiger partial charge < -0.3 is 19.5 Å². The van der Waals surface area contributed by atoms with Crippen molar-refractivity contribution < 1.29 is 24.2 Å². The molecule has 1 N–H and O–H groups in total. The number of carbonyl (C=O) groups is 2. The van der Waals surface area contributed by atoms with Crippen molar-refractivity contribution in [3.8, 4) is 11.5 Å². The third kappa shape index (κ3) is 3.59. The van der Waals surface area contributed by atoms with Crippen molar-refractivity contribution in [2.75, 3.05) is 26.8 Å². The van der Waals surface area contributed by atoms with Gasteiger partial charge >= 0.3 is 5.97 Å². The monoisotopic (exact) mass is 355 g/mol. The Morgan fingerprint density at radius 2 is 2.12 bits per heavy atom. The average molecular weight is 356 g/mol. The van der Waals surface area contributed by atoms with Crippen molar-refractivity contribution in [3.05, 3.63) is 22.7 Å². The van der Waals surface area contributed by atoms with E-state index in [4.69, 9.17) is 21.1 Å². The molecule has 0 saturated carbocycles. The van der Waals surface area contributed by atoms with E-state index in [-0.39, 0.29) is 12.5 Å². The Bertz CT molecular complexity index is 648. The molecule has 0 aromatic heterocycles. The zero-order chi connectivity index (χ0) is 17.9. The Morgan fingerprint density at radius 3 is 2.67 bits per heavy atom. The van der Waals surface area contributed by atoms with E-state index in [0.29, 0.717) is 41.7 Å². The third-order valence-corrected chi connectivity index (χ3v) is 4.48. The van der Waals surface area contributed by atoms with Crippen LogP contribution in [-0.4, -0.2) is 48.7 Å². The van der Waals surface area contributed by atoms with Gasteiger partial charge in [-0.2, -0.15) is 0 Å². The zero-order valence-electron chi connectivity index (χ0n) is 14.1. The lowest BCUT2D eigenvalue weighted by molar-refractivity contribution is -0.147. The summed E-state index contributed by atoms with van der Waals surface area (Å²) in [5.74, 6) is -0.354. The van der Waals surface area contributed by atoms with Crippen LogP contribution < -0.4 is 9.47 Å². The highest BCUT2D eigenvalue weighted by atomic mass is 35.5. The summed E-state index contributed by atoms with van der Waals surface area (Å²) < 4.78 is 10.9. The van der Waals surface area contributed by atoms with Gasteiger partial charge in [-0.3, -0.25) is 9.59 Å². The molecule has 0 radical (unpaired) electrons. The number of methoxy groups -OCH3 is 1. The molecule has 1 aromatic carbocycles. The summed E-state index contributed by atoms with van der Waals surface area (Å²) in [4.78, 5) is 25.5. The SMILES string of the molecule is CCCOc1c(Cl)cc(C(=O)N2CC[C@@](C)(C(=O)O)C2)cc1OC. The van der Waals surface area contributed by atoms with Gasteiger partial charge in [0, 0.05) is 18.7 Å². The maximum atomic E-state index is 12.7. The molecule has 1 amide bonds. The Morgan fingerprint density at radius 1 is 1.42 bits per heavy atom. The zero-order valence-corrected chi connectivity index (χ0v) is 14.9. The van der Waals surface area contributed by atoms with Crippen LogP contribution in [0.5, 0.6) is 11.5 Å². The molecule has 1 saturated heterocycles. The molecule has 1 fully saturated rings. The van der Waals surface area contributed by atoms with Crippen molar-refractivity contribution in [2.45, 2.75) is 26.7 Å². The van der Waals surface area contributed by atoms with Crippen LogP contribution in [0.4, 0.5) is 0 Å². The number of amides is 1. The minimum absolute atomic E-state index is 0.176. The van der Waals surface area contributed by atoms with Crippen LogP contribution in [-0.2, 0) is 4.79 Å². The summed E-state index contributed by atoms with van der Waals surface area (Å²) in [7, 11) is 1.48. The smallest absolute Gasteiger partial charge is 0.311 e. The van der Waals surface area contributed by atoms with Gasteiger partial charge in [-0.25, -0.2) is 0 Å². The van der Waals surface area contributed by atoms with Crippen molar-refractivity contribution in [3.63, 3.8) is 0 Å². The summed E-state index contributed by atoms with van der Waals surface area (Å²) in [6.45, 7) is 4.69. The predicted octanol–water partition coefficient (Wildman–Crippen LogP) is 3.07. The van der Waals surface area contributed by atoms with Crippen molar-refractivity contribution >= 4 is 23.5 Å². The van der Waals surface area contributed by atoms with Crippen LogP contribution in [0.3, 0.4) is 0 Å². The Kier molecular flexibility index (Phi) is 5.59. The number of hydrogen-bond donors (Lipinski definition) is 1. The standard InChI is InChI=1S/C17H22ClNO5/c1-4-7-24-14-12(18)8-11(9-13(14)23-3)15(20)19-6-5-17(2,10-19)16(21)22/h8-9H,4-7,10H2,1-3H3,(H,21,22)/t17-/m1/s1. The normalized spacial score (nSPS) is 20.1. The summed E-state index contributed by atoms with van der Waals surface area (Å²) in [5.41, 5.74) is -0.552. The topological polar surface area (TPSA) is 76.1 Å². The first-order valence-corrected chi connectivity index (χ1v) is 8.23. The predicted molar refractivity (Wildman–Crippen MR) is 90.1 cm³/mol. The number of aliphatic carboxylic acids is 1. The second kappa shape index (κ2) is 7.30. The fourth-order valence-corrected chi connectivity index (χ4v) is 2.94. The second-order valence-corrected chi connectivity index (χ2v) is 6.59. The number of ether oxygens (including phenoxy) is 2. The minimum atomic E-state index is -0.909. The first kappa shape index (κ1) is 18.4. The number of carboxylic acid groups (broad SMARTS) is 1. The maximum Gasteiger partial charge on any atom is 0.311 e. The molecule has 1 atom stereocenters. The minimum Gasteiger partial charge on any atom is -0.493 e. The molecule has 7 heteroatoms. The molecule has 2 rings (SSSR count). The summed E-state index contributed by atoms with van der Waals surface area (Å²) in [6.07, 6.45) is 1.25. The van der Waals surface area contributed by atoms with Gasteiger partial charge in [0.1, 0.15) is 0 Å². The number of halogens is 1. The van der Waals surface area contributed by atoms with Gasteiger partial charge in [0.15, 0.2) is 11.5 Å². The number of benzene rings is 1. The van der Waals surface area contributed by atoms with Gasteiger partial charge in [0.05, 0.1) is 24.2 Å². The Balaban J connectivity index is 2.24. The molecule has 0 aliphatic carbocycles. The van der Waals surface area contributed by atoms with Crippen LogP contribution in [0.15, 0.2) is 12.1 Å². The number of rotatable bonds is 6. The summed E-state index contributed by atoms with van der Waals surface area (Å²) in [6, 6.07) is 3.11. The van der Waals surface area contributed by atoms with Gasteiger partial charge in [-0.15, -0.1) is 0 Å². The van der Waals surface area contributed by atoms with Gasteiger partial charge in [0.25, 0.3) is 5.91 Å². The van der Waals surface area contributed by atoms with E-state index >= 15 is 0 Å². The highest BCUT2D eigenvalue weighted by molar-refractivity contribution is 6.32. The number of nitrogens with zero attached hydrogens (tertiary/aromatic N) is 1. The van der Waals surface area contributed by atoms with Crippen LogP contribution >= 0.6 is 11.6 Å². The third-order valence-electron chi connectivity index (χ3n) is 4.20. The molecule has 24 heavy (non-hydrogen) atoms. The second-order valence-electron chi connectivity index (χ2n) is 6.18. The molecule has 6 nitrogen and oxygen atoms in total. The van der Waals surface area contributed by atoms with E-state index in [1.807, 2.05) is 6.92 Å². The lowest BCUT2D eigenvalue weighted by atomic mass is 9.90. The summed E-state index contributed by atoms with van der Waals surface area (Å²) in [5, 5.41) is 9.59. The molecule has 1 heterocycles. The molecular weight excluding hydrogens is 334 g/mol. The summed E-state index contributed by atoms with van der Waals surface area (Å²) >= 11 is 6.24. The first-order chi connectivity index (χ1) is 11.3. The van der Waals surface area contributed by atoms with E-state index in [1.54, 1.807) is 13.0 Å². The molecule has 0 unspecified atom stereocenters. The average Bonchev–Trinajstić information content (AvgIpc) is 2.96. The molecular formula is C17H22ClNO5. The fourth-order valence-electron chi connectivity index (χ4n) is 2.68. The molecule has 1 aromatic rings. The quantitative estimate of drug-likeness (QED) is 0.848. The molecule has 0 spiro atoms. The maximum absolute atomic E-state index is 12.7. The highest BCUT2D eigenvalue weighted by Crippen LogP contribution is 2.38. The van der Waals surface area contributed by atoms with Crippen molar-refractivity contribution in [2.24, 2.45) is 5.41 Å². The lowest BCUT2D eigenvalue weighted by Crippen LogP contribution is -2.34. The molecule has 1 aliphatic rings. The van der Waals surface area contributed by atoms with E-state index in [2.05, 4.69) is 0 Å². The Hall–Kier alpha value is -1.95. The fraction of sp³-hybridized carbons (Fsp3) is 0.529. The molecule has 132 valence electrons. The van der Waals surface area contributed by atoms with Crippen molar-refractivity contribution in [1.82, 2.24) is 4.90 Å². The Labute approximate surface area is 146 Å². The first-order valence-electron chi connectivity index (χ1n) is 7.85. The van der Waals surface area contributed by atoms with Gasteiger partial charge in [-0.1, -0.05) is 18.5 Å². The van der Waals surface area contributed by atoms with E-state index < -0.39 is 11.4 Å². The number of likely N-dealkylation sites (tertiary alicyclic amines) is 1. The van der Waals surface area contributed by atoms with Gasteiger partial charge in [0.2, 0.25) is 0 Å². The van der Waals surface area contributed by atoms with E-state index in [1.165, 1.54) is 18.1 Å². The van der Waals surface area contributed by atoms with Crippen LogP contribution in [0.2, 0.25) is 5.02 Å². The largest absolute Gasteiger partial charge is 0.493 e. The van der Waals surface area contributed by atoms with Crippen LogP contribution in [0, 0.1) is 5.41 Å². The molecule has 0 bridgehead atoms. The van der Waals surface area contributed by atoms with Crippen molar-refractivity contribution in [1.29, 1.82) is 0 Å². The van der Waals surface area contributed by atoms with Gasteiger partial charge in [-0.05, 0) is 31.9 Å². The van der Waals surface area contributed by atoms with Crippen LogP contribution in [0.1, 0.15) is 37.0 Å². The van der Waals surface area contributed by atoms with E-state index in [9.17, 15) is 14.7 Å². The number of hydrogen-bond acceptors (Lipinski definition) is 4. The number of carboxylic acids is 1. The lowest BCUT2D eigenvalue weighted by Gasteiger charge is -2.21. The van der Waals surface area contributed by atoms with Crippen LogP contribution in [0.25, 0.3) is 0 Å². The van der Waals surface area contributed by atoms with E-state index in [0.717, 1.165) is 6.42 Å². The highest BCUT2D eigenvalue weighted by Gasteiger charge is 2.42. The number of carbonyl (C=O) groups excluding carboxylic acids is 1. The molecule has 1 aliphatic heterocycles.